The summed E-state index contributed by atoms with van der Waals surface area (Å²) in [5, 5.41) is 3.28. The van der Waals surface area contributed by atoms with E-state index in [4.69, 9.17) is 22.1 Å². The molecule has 1 heterocycles. The maximum absolute atomic E-state index is 12.8. The van der Waals surface area contributed by atoms with Crippen LogP contribution in [-0.4, -0.2) is 49.0 Å². The number of ether oxygens (including phenoxy) is 1. The van der Waals surface area contributed by atoms with Gasteiger partial charge in [-0.1, -0.05) is 30.7 Å². The van der Waals surface area contributed by atoms with Crippen LogP contribution >= 0.6 is 11.6 Å². The van der Waals surface area contributed by atoms with Gasteiger partial charge in [0.25, 0.3) is 5.91 Å². The van der Waals surface area contributed by atoms with Crippen LogP contribution in [-0.2, 0) is 9.59 Å². The van der Waals surface area contributed by atoms with E-state index in [1.165, 1.54) is 0 Å². The van der Waals surface area contributed by atoms with Crippen LogP contribution in [0.25, 0.3) is 0 Å². The average Bonchev–Trinajstić information content (AvgIpc) is 2.65. The highest BCUT2D eigenvalue weighted by molar-refractivity contribution is 6.32. The van der Waals surface area contributed by atoms with Gasteiger partial charge in [0.05, 0.1) is 10.9 Å². The van der Waals surface area contributed by atoms with E-state index in [1.54, 1.807) is 17.0 Å². The van der Waals surface area contributed by atoms with Gasteiger partial charge in [-0.3, -0.25) is 9.59 Å². The van der Waals surface area contributed by atoms with Crippen molar-refractivity contribution in [2.24, 2.45) is 11.7 Å². The monoisotopic (exact) mass is 367 g/mol. The molecule has 2 rings (SSSR count). The molecule has 0 bridgehead atoms. The molecule has 2 amide bonds. The van der Waals surface area contributed by atoms with Gasteiger partial charge in [0, 0.05) is 26.2 Å². The van der Waals surface area contributed by atoms with Crippen molar-refractivity contribution < 1.29 is 14.3 Å². The number of para-hydroxylation sites is 1. The Balaban J connectivity index is 1.99. The van der Waals surface area contributed by atoms with Crippen LogP contribution < -0.4 is 15.8 Å². The fourth-order valence-electron chi connectivity index (χ4n) is 2.94. The van der Waals surface area contributed by atoms with Crippen molar-refractivity contribution in [3.8, 4) is 5.75 Å². The standard InChI is InChI=1S/C18H26ClN3O3/c1-2-15(25-16-8-4-3-7-14(16)19)18(24)22-11-5-6-13(12-22)17(23)21-10-9-20/h3-4,7-8,13,15H,2,5-6,9-12,20H2,1H3,(H,21,23). The van der Waals surface area contributed by atoms with E-state index >= 15 is 0 Å². The molecule has 25 heavy (non-hydrogen) atoms. The number of hydrogen-bond donors (Lipinski definition) is 2. The summed E-state index contributed by atoms with van der Waals surface area (Å²) in [7, 11) is 0. The summed E-state index contributed by atoms with van der Waals surface area (Å²) < 4.78 is 5.83. The van der Waals surface area contributed by atoms with Gasteiger partial charge in [0.1, 0.15) is 5.75 Å². The van der Waals surface area contributed by atoms with Crippen LogP contribution in [0.4, 0.5) is 0 Å². The van der Waals surface area contributed by atoms with Crippen molar-refractivity contribution >= 4 is 23.4 Å². The van der Waals surface area contributed by atoms with Crippen molar-refractivity contribution in [2.45, 2.75) is 32.3 Å². The minimum atomic E-state index is -0.606. The smallest absolute Gasteiger partial charge is 0.263 e. The zero-order chi connectivity index (χ0) is 18.2. The highest BCUT2D eigenvalue weighted by Gasteiger charge is 2.32. The highest BCUT2D eigenvalue weighted by atomic mass is 35.5. The first-order valence-corrected chi connectivity index (χ1v) is 9.12. The summed E-state index contributed by atoms with van der Waals surface area (Å²) in [6, 6.07) is 7.11. The number of halogens is 1. The van der Waals surface area contributed by atoms with Gasteiger partial charge >= 0.3 is 0 Å². The van der Waals surface area contributed by atoms with E-state index < -0.39 is 6.10 Å². The number of amides is 2. The molecule has 1 aliphatic rings. The van der Waals surface area contributed by atoms with Gasteiger partial charge in [-0.15, -0.1) is 0 Å². The lowest BCUT2D eigenvalue weighted by Gasteiger charge is -2.34. The van der Waals surface area contributed by atoms with Crippen LogP contribution in [0.3, 0.4) is 0 Å². The molecule has 7 heteroatoms. The molecule has 1 aromatic rings. The average molecular weight is 368 g/mol. The van der Waals surface area contributed by atoms with E-state index in [0.29, 0.717) is 43.4 Å². The van der Waals surface area contributed by atoms with Gasteiger partial charge in [-0.25, -0.2) is 0 Å². The summed E-state index contributed by atoms with van der Waals surface area (Å²) in [6.45, 7) is 3.81. The Bertz CT molecular complexity index is 597. The number of piperidine rings is 1. The molecule has 0 aliphatic carbocycles. The molecule has 2 atom stereocenters. The molecule has 0 spiro atoms. The van der Waals surface area contributed by atoms with Crippen LogP contribution in [0.15, 0.2) is 24.3 Å². The lowest BCUT2D eigenvalue weighted by atomic mass is 9.96. The Labute approximate surface area is 153 Å². The third kappa shape index (κ3) is 5.34. The molecule has 0 radical (unpaired) electrons. The Kier molecular flexibility index (Phi) is 7.52. The summed E-state index contributed by atoms with van der Waals surface area (Å²) in [4.78, 5) is 26.7. The van der Waals surface area contributed by atoms with E-state index in [2.05, 4.69) is 5.32 Å². The van der Waals surface area contributed by atoms with Crippen LogP contribution in [0, 0.1) is 5.92 Å². The maximum atomic E-state index is 12.8. The number of nitrogens with two attached hydrogens (primary N) is 1. The van der Waals surface area contributed by atoms with Gasteiger partial charge in [-0.2, -0.15) is 0 Å². The Morgan fingerprint density at radius 3 is 2.88 bits per heavy atom. The fraction of sp³-hybridized carbons (Fsp3) is 0.556. The number of carbonyl (C=O) groups is 2. The minimum absolute atomic E-state index is 0.0389. The van der Waals surface area contributed by atoms with Crippen molar-refractivity contribution in [2.75, 3.05) is 26.2 Å². The van der Waals surface area contributed by atoms with E-state index in [0.717, 1.165) is 12.8 Å². The molecular formula is C18H26ClN3O3. The van der Waals surface area contributed by atoms with E-state index in [9.17, 15) is 9.59 Å². The predicted molar refractivity (Wildman–Crippen MR) is 97.5 cm³/mol. The first-order chi connectivity index (χ1) is 12.1. The molecule has 1 saturated heterocycles. The Morgan fingerprint density at radius 1 is 1.44 bits per heavy atom. The number of carbonyl (C=O) groups excluding carboxylic acids is 2. The fourth-order valence-corrected chi connectivity index (χ4v) is 3.12. The second-order valence-electron chi connectivity index (χ2n) is 6.15. The molecule has 1 aliphatic heterocycles. The predicted octanol–water partition coefficient (Wildman–Crippen LogP) is 1.81. The van der Waals surface area contributed by atoms with Gasteiger partial charge in [0.2, 0.25) is 5.91 Å². The third-order valence-electron chi connectivity index (χ3n) is 4.30. The number of nitrogens with one attached hydrogen (secondary N) is 1. The number of hydrogen-bond acceptors (Lipinski definition) is 4. The molecule has 6 nitrogen and oxygen atoms in total. The number of nitrogens with zero attached hydrogens (tertiary/aromatic N) is 1. The molecule has 2 unspecified atom stereocenters. The highest BCUT2D eigenvalue weighted by Crippen LogP contribution is 2.26. The summed E-state index contributed by atoms with van der Waals surface area (Å²) in [6.07, 6.45) is 1.51. The second-order valence-corrected chi connectivity index (χ2v) is 6.56. The van der Waals surface area contributed by atoms with E-state index in [1.807, 2.05) is 19.1 Å². The molecular weight excluding hydrogens is 342 g/mol. The Hall–Kier alpha value is -1.79. The van der Waals surface area contributed by atoms with Crippen LogP contribution in [0.5, 0.6) is 5.75 Å². The largest absolute Gasteiger partial charge is 0.479 e. The van der Waals surface area contributed by atoms with Crippen LogP contribution in [0.2, 0.25) is 5.02 Å². The topological polar surface area (TPSA) is 84.7 Å². The maximum Gasteiger partial charge on any atom is 0.263 e. The molecule has 1 fully saturated rings. The second kappa shape index (κ2) is 9.63. The minimum Gasteiger partial charge on any atom is -0.479 e. The first-order valence-electron chi connectivity index (χ1n) is 8.74. The summed E-state index contributed by atoms with van der Waals surface area (Å²) >= 11 is 6.12. The van der Waals surface area contributed by atoms with E-state index in [-0.39, 0.29) is 17.7 Å². The molecule has 3 N–H and O–H groups in total. The first kappa shape index (κ1) is 19.5. The molecule has 0 aromatic heterocycles. The van der Waals surface area contributed by atoms with Gasteiger partial charge in [0.15, 0.2) is 6.10 Å². The van der Waals surface area contributed by atoms with Crippen molar-refractivity contribution in [1.29, 1.82) is 0 Å². The molecule has 138 valence electrons. The number of benzene rings is 1. The zero-order valence-corrected chi connectivity index (χ0v) is 15.3. The van der Waals surface area contributed by atoms with Crippen molar-refractivity contribution in [1.82, 2.24) is 10.2 Å². The number of rotatable bonds is 7. The van der Waals surface area contributed by atoms with Gasteiger partial charge < -0.3 is 20.7 Å². The lowest BCUT2D eigenvalue weighted by molar-refractivity contribution is -0.142. The van der Waals surface area contributed by atoms with Crippen LogP contribution in [0.1, 0.15) is 26.2 Å². The quantitative estimate of drug-likeness (QED) is 0.769. The normalized spacial score (nSPS) is 18.5. The summed E-state index contributed by atoms with van der Waals surface area (Å²) in [5.41, 5.74) is 5.42. The van der Waals surface area contributed by atoms with Gasteiger partial charge in [-0.05, 0) is 31.4 Å². The number of likely N-dealkylation sites (tertiary alicyclic amines) is 1. The summed E-state index contributed by atoms with van der Waals surface area (Å²) in [5.74, 6) is 0.169. The Morgan fingerprint density at radius 2 is 2.20 bits per heavy atom. The SMILES string of the molecule is CCC(Oc1ccccc1Cl)C(=O)N1CCCC(C(=O)NCCN)C1. The molecule has 1 aromatic carbocycles. The molecule has 0 saturated carbocycles. The third-order valence-corrected chi connectivity index (χ3v) is 4.61. The lowest BCUT2D eigenvalue weighted by Crippen LogP contribution is -2.50. The van der Waals surface area contributed by atoms with Crippen molar-refractivity contribution in [3.05, 3.63) is 29.3 Å². The zero-order valence-electron chi connectivity index (χ0n) is 14.5. The van der Waals surface area contributed by atoms with Crippen molar-refractivity contribution in [3.63, 3.8) is 0 Å².